The zero-order chi connectivity index (χ0) is 37.9. The number of nitrogens with one attached hydrogen (secondary N) is 4. The molecule has 0 rings (SSSR count). The standard InChI is InChI=1S/2C17H34N2O5S.Ca/c2*1-2-3-4-5-6-7-8-9-10-11-16(20)18-13-12-17(21)19-14-15-25(22,23)24;/h2*2-15H2,1H3,(H,18,20)(H,19,21)(H,22,23,24);/q;;+2/p-2. The summed E-state index contributed by atoms with van der Waals surface area (Å²) in [5, 5.41) is 9.99. The van der Waals surface area contributed by atoms with Gasteiger partial charge in [0, 0.05) is 51.9 Å². The second kappa shape index (κ2) is 37.3. The number of amides is 4. The first-order valence-corrected chi connectivity index (χ1v) is 21.8. The van der Waals surface area contributed by atoms with Crippen LogP contribution in [0, 0.1) is 0 Å². The van der Waals surface area contributed by atoms with Crippen LogP contribution in [0.3, 0.4) is 0 Å². The second-order valence-electron chi connectivity index (χ2n) is 12.6. The van der Waals surface area contributed by atoms with Crippen molar-refractivity contribution in [1.82, 2.24) is 21.3 Å². The number of hydrogen-bond acceptors (Lipinski definition) is 10. The minimum Gasteiger partial charge on any atom is -0.748 e. The molecule has 296 valence electrons. The van der Waals surface area contributed by atoms with Crippen LogP contribution in [0.5, 0.6) is 0 Å². The zero-order valence-electron chi connectivity index (χ0n) is 31.4. The molecule has 4 N–H and O–H groups in total. The van der Waals surface area contributed by atoms with Gasteiger partial charge in [-0.3, -0.25) is 19.2 Å². The van der Waals surface area contributed by atoms with Gasteiger partial charge in [0.15, 0.2) is 0 Å². The Bertz CT molecular complexity index is 1020. The van der Waals surface area contributed by atoms with Crippen molar-refractivity contribution in [2.75, 3.05) is 37.7 Å². The van der Waals surface area contributed by atoms with E-state index >= 15 is 0 Å². The Hall–Kier alpha value is -1.04. The minimum atomic E-state index is -4.31. The molecule has 0 fully saturated rings. The van der Waals surface area contributed by atoms with Gasteiger partial charge >= 0.3 is 37.7 Å². The van der Waals surface area contributed by atoms with Crippen molar-refractivity contribution in [2.45, 2.75) is 155 Å². The van der Waals surface area contributed by atoms with Crippen molar-refractivity contribution in [1.29, 1.82) is 0 Å². The van der Waals surface area contributed by atoms with Gasteiger partial charge in [-0.25, -0.2) is 16.8 Å². The quantitative estimate of drug-likeness (QED) is 0.0438. The average Bonchev–Trinajstić information content (AvgIpc) is 3.02. The van der Waals surface area contributed by atoms with Crippen LogP contribution in [-0.4, -0.2) is 125 Å². The van der Waals surface area contributed by atoms with Gasteiger partial charge in [-0.2, -0.15) is 0 Å². The van der Waals surface area contributed by atoms with E-state index in [0.29, 0.717) is 12.8 Å². The Labute approximate surface area is 338 Å². The Kier molecular flexibility index (Phi) is 39.7. The predicted octanol–water partition coefficient (Wildman–Crippen LogP) is 3.77. The van der Waals surface area contributed by atoms with Gasteiger partial charge in [0.1, 0.15) is 0 Å². The molecule has 0 aromatic rings. The fraction of sp³-hybridized carbons (Fsp3) is 0.882. The van der Waals surface area contributed by atoms with Crippen LogP contribution in [0.2, 0.25) is 0 Å². The van der Waals surface area contributed by atoms with Gasteiger partial charge in [0.25, 0.3) is 0 Å². The average molecular weight is 795 g/mol. The summed E-state index contributed by atoms with van der Waals surface area (Å²) in [6, 6.07) is 0. The van der Waals surface area contributed by atoms with Crippen LogP contribution in [0.15, 0.2) is 0 Å². The molecule has 0 unspecified atom stereocenters. The van der Waals surface area contributed by atoms with E-state index in [4.69, 9.17) is 0 Å². The normalized spacial score (nSPS) is 11.1. The Morgan fingerprint density at radius 3 is 0.902 bits per heavy atom. The Morgan fingerprint density at radius 1 is 0.392 bits per heavy atom. The molecule has 4 amide bonds. The van der Waals surface area contributed by atoms with Crippen molar-refractivity contribution in [3.63, 3.8) is 0 Å². The third kappa shape index (κ3) is 49.0. The van der Waals surface area contributed by atoms with Crippen LogP contribution < -0.4 is 21.3 Å². The van der Waals surface area contributed by atoms with Crippen molar-refractivity contribution in [3.05, 3.63) is 0 Å². The molecule has 0 heterocycles. The number of unbranched alkanes of at least 4 members (excludes halogenated alkanes) is 16. The third-order valence-electron chi connectivity index (χ3n) is 7.71. The van der Waals surface area contributed by atoms with E-state index in [1.807, 2.05) is 0 Å². The summed E-state index contributed by atoms with van der Waals surface area (Å²) in [6.45, 7) is 4.45. The molecule has 0 aromatic carbocycles. The van der Waals surface area contributed by atoms with Crippen molar-refractivity contribution >= 4 is 81.6 Å². The third-order valence-corrected chi connectivity index (χ3v) is 9.12. The van der Waals surface area contributed by atoms with Crippen LogP contribution in [0.25, 0.3) is 0 Å². The molecule has 0 spiro atoms. The van der Waals surface area contributed by atoms with E-state index in [1.165, 1.54) is 77.0 Å². The summed E-state index contributed by atoms with van der Waals surface area (Å²) in [5.41, 5.74) is 0. The fourth-order valence-corrected chi connectivity index (χ4v) is 5.51. The first-order chi connectivity index (χ1) is 23.7. The molecule has 0 aliphatic carbocycles. The van der Waals surface area contributed by atoms with Gasteiger partial charge in [-0.1, -0.05) is 117 Å². The summed E-state index contributed by atoms with van der Waals surface area (Å²) in [6.07, 6.45) is 22.6. The van der Waals surface area contributed by atoms with Gasteiger partial charge < -0.3 is 30.4 Å². The van der Waals surface area contributed by atoms with Crippen LogP contribution in [0.1, 0.15) is 155 Å². The smallest absolute Gasteiger partial charge is 0.748 e. The SMILES string of the molecule is CCCCCCCCCCCC(=O)NCCC(=O)NCCS(=O)(=O)[O-].CCCCCCCCCCCC(=O)NCCC(=O)NCCS(=O)(=O)[O-].[Ca+2]. The topological polar surface area (TPSA) is 231 Å². The summed E-state index contributed by atoms with van der Waals surface area (Å²) in [5.74, 6) is -2.15. The molecular formula is C34H66CaN4O10S2. The van der Waals surface area contributed by atoms with E-state index in [-0.39, 0.29) is 100 Å². The molecule has 14 nitrogen and oxygen atoms in total. The van der Waals surface area contributed by atoms with E-state index in [0.717, 1.165) is 38.5 Å². The molecule has 51 heavy (non-hydrogen) atoms. The van der Waals surface area contributed by atoms with Gasteiger partial charge in [-0.05, 0) is 12.8 Å². The number of carbonyl (C=O) groups excluding carboxylic acids is 4. The molecule has 0 radical (unpaired) electrons. The molecule has 0 aliphatic rings. The maximum Gasteiger partial charge on any atom is 2.00 e. The van der Waals surface area contributed by atoms with Gasteiger partial charge in [0.2, 0.25) is 23.6 Å². The summed E-state index contributed by atoms with van der Waals surface area (Å²) in [4.78, 5) is 46.0. The molecule has 0 bridgehead atoms. The molecule has 0 atom stereocenters. The van der Waals surface area contributed by atoms with E-state index in [2.05, 4.69) is 35.1 Å². The number of rotatable bonds is 32. The maximum absolute atomic E-state index is 11.6. The van der Waals surface area contributed by atoms with Gasteiger partial charge in [0.05, 0.1) is 31.7 Å². The van der Waals surface area contributed by atoms with Crippen LogP contribution in [-0.2, 0) is 39.4 Å². The Balaban J connectivity index is -0.000000886. The van der Waals surface area contributed by atoms with Gasteiger partial charge in [-0.15, -0.1) is 0 Å². The summed E-state index contributed by atoms with van der Waals surface area (Å²) < 4.78 is 62.3. The largest absolute Gasteiger partial charge is 2.00 e. The number of carbonyl (C=O) groups is 4. The van der Waals surface area contributed by atoms with Crippen molar-refractivity contribution in [2.24, 2.45) is 0 Å². The van der Waals surface area contributed by atoms with E-state index < -0.39 is 31.7 Å². The van der Waals surface area contributed by atoms with Crippen LogP contribution in [0.4, 0.5) is 0 Å². The number of hydrogen-bond donors (Lipinski definition) is 4. The first-order valence-electron chi connectivity index (χ1n) is 18.6. The molecular weight excluding hydrogens is 729 g/mol. The predicted molar refractivity (Wildman–Crippen MR) is 200 cm³/mol. The molecule has 17 heteroatoms. The van der Waals surface area contributed by atoms with Crippen molar-refractivity contribution < 1.29 is 45.1 Å². The first kappa shape index (κ1) is 54.3. The molecule has 0 saturated heterocycles. The minimum absolute atomic E-state index is 0. The molecule has 0 aromatic heterocycles. The maximum atomic E-state index is 11.6. The van der Waals surface area contributed by atoms with E-state index in [9.17, 15) is 45.1 Å². The monoisotopic (exact) mass is 794 g/mol. The summed E-state index contributed by atoms with van der Waals surface area (Å²) >= 11 is 0. The fourth-order valence-electron chi connectivity index (χ4n) is 4.81. The molecule has 0 aliphatic heterocycles. The summed E-state index contributed by atoms with van der Waals surface area (Å²) in [7, 11) is -8.62. The Morgan fingerprint density at radius 2 is 0.627 bits per heavy atom. The zero-order valence-corrected chi connectivity index (χ0v) is 35.2. The van der Waals surface area contributed by atoms with E-state index in [1.54, 1.807) is 0 Å². The molecule has 0 saturated carbocycles. The van der Waals surface area contributed by atoms with Crippen LogP contribution >= 0.6 is 0 Å². The second-order valence-corrected chi connectivity index (χ2v) is 15.6. The van der Waals surface area contributed by atoms with Crippen molar-refractivity contribution in [3.8, 4) is 0 Å².